The van der Waals surface area contributed by atoms with E-state index in [9.17, 15) is 0 Å². The molecule has 2 fully saturated rings. The Hall–Kier alpha value is -0.0800. The van der Waals surface area contributed by atoms with E-state index in [0.717, 1.165) is 17.9 Å². The molecule has 0 amide bonds. The molecule has 22 heavy (non-hydrogen) atoms. The van der Waals surface area contributed by atoms with E-state index < -0.39 is 0 Å². The minimum absolute atomic E-state index is 0.859. The zero-order valence-corrected chi connectivity index (χ0v) is 16.1. The maximum Gasteiger partial charge on any atom is 0.0119 e. The predicted octanol–water partition coefficient (Wildman–Crippen LogP) is 5.04. The van der Waals surface area contributed by atoms with Gasteiger partial charge in [-0.15, -0.1) is 0 Å². The molecule has 0 aromatic rings. The second-order valence-corrected chi connectivity index (χ2v) is 7.53. The zero-order valence-electron chi connectivity index (χ0n) is 16.1. The number of hydrogen-bond acceptors (Lipinski definition) is 2. The van der Waals surface area contributed by atoms with Gasteiger partial charge >= 0.3 is 0 Å². The Balaban J connectivity index is 0.000000235. The molecule has 0 atom stereocenters. The summed E-state index contributed by atoms with van der Waals surface area (Å²) in [6.45, 7) is 17.8. The van der Waals surface area contributed by atoms with Crippen molar-refractivity contribution in [2.75, 3.05) is 32.7 Å². The number of rotatable bonds is 5. The molecule has 0 aromatic carbocycles. The SMILES string of the molecule is CC(C)C1CCCCC1.CCN1CCC(N(CC)CC)CC1. The standard InChI is InChI=1S/C11H24N2.C9H18/c1-4-12-9-7-11(8-10-12)13(5-2)6-3;1-8(2)9-6-4-3-5-7-9/h11H,4-10H2,1-3H3;8-9H,3-7H2,1-2H3. The maximum absolute atomic E-state index is 2.60. The van der Waals surface area contributed by atoms with Crippen LogP contribution in [-0.2, 0) is 0 Å². The average Bonchev–Trinajstić information content (AvgIpc) is 2.58. The summed E-state index contributed by atoms with van der Waals surface area (Å²) in [5.74, 6) is 1.99. The molecule has 0 unspecified atom stereocenters. The summed E-state index contributed by atoms with van der Waals surface area (Å²) in [6, 6.07) is 0.859. The van der Waals surface area contributed by atoms with E-state index in [2.05, 4.69) is 44.4 Å². The number of piperidine rings is 1. The van der Waals surface area contributed by atoms with Gasteiger partial charge in [0.2, 0.25) is 0 Å². The van der Waals surface area contributed by atoms with Gasteiger partial charge in [0, 0.05) is 6.04 Å². The molecule has 2 heteroatoms. The van der Waals surface area contributed by atoms with Crippen LogP contribution in [0.25, 0.3) is 0 Å². The van der Waals surface area contributed by atoms with Crippen molar-refractivity contribution in [2.24, 2.45) is 11.8 Å². The summed E-state index contributed by atoms with van der Waals surface area (Å²) < 4.78 is 0. The van der Waals surface area contributed by atoms with Crippen LogP contribution in [-0.4, -0.2) is 48.6 Å². The zero-order chi connectivity index (χ0) is 16.4. The van der Waals surface area contributed by atoms with Gasteiger partial charge in [0.1, 0.15) is 0 Å². The summed E-state index contributed by atoms with van der Waals surface area (Å²) >= 11 is 0. The summed E-state index contributed by atoms with van der Waals surface area (Å²) in [6.07, 6.45) is 10.2. The Kier molecular flexibility index (Phi) is 10.4. The highest BCUT2D eigenvalue weighted by atomic mass is 15.2. The van der Waals surface area contributed by atoms with Crippen LogP contribution in [0.1, 0.15) is 79.6 Å². The molecular weight excluding hydrogens is 268 g/mol. The molecule has 1 saturated carbocycles. The van der Waals surface area contributed by atoms with Crippen molar-refractivity contribution >= 4 is 0 Å². The van der Waals surface area contributed by atoms with Crippen molar-refractivity contribution in [3.63, 3.8) is 0 Å². The molecule has 2 rings (SSSR count). The molecule has 0 spiro atoms. The van der Waals surface area contributed by atoms with Crippen molar-refractivity contribution < 1.29 is 0 Å². The van der Waals surface area contributed by atoms with Crippen molar-refractivity contribution in [2.45, 2.75) is 85.6 Å². The van der Waals surface area contributed by atoms with Gasteiger partial charge in [-0.2, -0.15) is 0 Å². The van der Waals surface area contributed by atoms with E-state index in [0.29, 0.717) is 0 Å². The molecule has 1 saturated heterocycles. The van der Waals surface area contributed by atoms with Crippen molar-refractivity contribution in [1.82, 2.24) is 9.80 Å². The maximum atomic E-state index is 2.60. The Bertz CT molecular complexity index is 246. The predicted molar refractivity (Wildman–Crippen MR) is 99.5 cm³/mol. The van der Waals surface area contributed by atoms with Crippen molar-refractivity contribution in [3.05, 3.63) is 0 Å². The number of likely N-dealkylation sites (tertiary alicyclic amines) is 1. The van der Waals surface area contributed by atoms with Crippen LogP contribution in [0, 0.1) is 11.8 Å². The smallest absolute Gasteiger partial charge is 0.0119 e. The Morgan fingerprint density at radius 3 is 1.77 bits per heavy atom. The van der Waals surface area contributed by atoms with Gasteiger partial charge in [-0.25, -0.2) is 0 Å². The van der Waals surface area contributed by atoms with E-state index in [-0.39, 0.29) is 0 Å². The van der Waals surface area contributed by atoms with Crippen LogP contribution < -0.4 is 0 Å². The molecule has 2 nitrogen and oxygen atoms in total. The van der Waals surface area contributed by atoms with Crippen LogP contribution in [0.2, 0.25) is 0 Å². The van der Waals surface area contributed by atoms with Crippen LogP contribution in [0.5, 0.6) is 0 Å². The molecule has 1 aliphatic carbocycles. The summed E-state index contributed by atoms with van der Waals surface area (Å²) in [7, 11) is 0. The number of nitrogens with zero attached hydrogens (tertiary/aromatic N) is 2. The monoisotopic (exact) mass is 310 g/mol. The van der Waals surface area contributed by atoms with Gasteiger partial charge in [-0.05, 0) is 57.4 Å². The normalized spacial score (nSPS) is 22.0. The van der Waals surface area contributed by atoms with Crippen LogP contribution in [0.4, 0.5) is 0 Å². The quantitative estimate of drug-likeness (QED) is 0.702. The first-order chi connectivity index (χ1) is 10.6. The van der Waals surface area contributed by atoms with E-state index in [1.54, 1.807) is 0 Å². The molecule has 0 bridgehead atoms. The fourth-order valence-corrected chi connectivity index (χ4v) is 4.14. The fraction of sp³-hybridized carbons (Fsp3) is 1.00. The summed E-state index contributed by atoms with van der Waals surface area (Å²) in [5, 5.41) is 0. The van der Waals surface area contributed by atoms with Gasteiger partial charge < -0.3 is 9.80 Å². The number of hydrogen-bond donors (Lipinski definition) is 0. The van der Waals surface area contributed by atoms with Crippen molar-refractivity contribution in [1.29, 1.82) is 0 Å². The highest BCUT2D eigenvalue weighted by Crippen LogP contribution is 2.29. The molecule has 0 radical (unpaired) electrons. The minimum atomic E-state index is 0.859. The molecule has 0 N–H and O–H groups in total. The Morgan fingerprint density at radius 2 is 1.41 bits per heavy atom. The lowest BCUT2D eigenvalue weighted by molar-refractivity contribution is 0.120. The molecule has 1 heterocycles. The molecule has 132 valence electrons. The topological polar surface area (TPSA) is 6.48 Å². The molecule has 0 aromatic heterocycles. The van der Waals surface area contributed by atoms with Crippen molar-refractivity contribution in [3.8, 4) is 0 Å². The first kappa shape index (κ1) is 20.0. The lowest BCUT2D eigenvalue weighted by atomic mass is 9.82. The second-order valence-electron chi connectivity index (χ2n) is 7.53. The second kappa shape index (κ2) is 11.5. The third-order valence-electron chi connectivity index (χ3n) is 5.93. The van der Waals surface area contributed by atoms with Gasteiger partial charge in [-0.1, -0.05) is 66.7 Å². The fourth-order valence-electron chi connectivity index (χ4n) is 4.14. The van der Waals surface area contributed by atoms with Gasteiger partial charge in [-0.3, -0.25) is 0 Å². The molecule has 2 aliphatic rings. The van der Waals surface area contributed by atoms with E-state index >= 15 is 0 Å². The molecule has 1 aliphatic heterocycles. The van der Waals surface area contributed by atoms with Crippen LogP contribution in [0.3, 0.4) is 0 Å². The summed E-state index contributed by atoms with van der Waals surface area (Å²) in [5.41, 5.74) is 0. The van der Waals surface area contributed by atoms with Gasteiger partial charge in [0.25, 0.3) is 0 Å². The van der Waals surface area contributed by atoms with E-state index in [1.807, 2.05) is 0 Å². The van der Waals surface area contributed by atoms with Crippen LogP contribution in [0.15, 0.2) is 0 Å². The third-order valence-corrected chi connectivity index (χ3v) is 5.93. The lowest BCUT2D eigenvalue weighted by Crippen LogP contribution is -2.44. The minimum Gasteiger partial charge on any atom is -0.303 e. The largest absolute Gasteiger partial charge is 0.303 e. The first-order valence-electron chi connectivity index (χ1n) is 10.1. The molecular formula is C20H42N2. The first-order valence-corrected chi connectivity index (χ1v) is 10.1. The Morgan fingerprint density at radius 1 is 0.864 bits per heavy atom. The van der Waals surface area contributed by atoms with Gasteiger partial charge in [0.15, 0.2) is 0 Å². The lowest BCUT2D eigenvalue weighted by Gasteiger charge is -2.37. The van der Waals surface area contributed by atoms with Gasteiger partial charge in [0.05, 0.1) is 0 Å². The Labute approximate surface area is 140 Å². The average molecular weight is 311 g/mol. The summed E-state index contributed by atoms with van der Waals surface area (Å²) in [4.78, 5) is 5.16. The van der Waals surface area contributed by atoms with Crippen LogP contribution >= 0.6 is 0 Å². The van der Waals surface area contributed by atoms with E-state index in [4.69, 9.17) is 0 Å². The highest BCUT2D eigenvalue weighted by Gasteiger charge is 2.21. The third kappa shape index (κ3) is 7.00. The van der Waals surface area contributed by atoms with E-state index in [1.165, 1.54) is 77.7 Å². The highest BCUT2D eigenvalue weighted by molar-refractivity contribution is 4.78.